The number of benzene rings is 2. The van der Waals surface area contributed by atoms with E-state index in [0.29, 0.717) is 43.4 Å². The molecule has 0 bridgehead atoms. The second kappa shape index (κ2) is 9.85. The van der Waals surface area contributed by atoms with Crippen LogP contribution in [-0.4, -0.2) is 60.2 Å². The first kappa shape index (κ1) is 27.2. The number of aliphatic hydroxyl groups excluding tert-OH is 1. The number of phenolic OH excluding ortho intramolecular Hbond substituents is 1. The van der Waals surface area contributed by atoms with Crippen molar-refractivity contribution in [1.82, 2.24) is 4.90 Å². The molecule has 6 rings (SSSR count). The van der Waals surface area contributed by atoms with Crippen molar-refractivity contribution in [2.24, 2.45) is 22.4 Å². The number of aromatic hydroxyl groups is 1. The molecule has 0 radical (unpaired) electrons. The van der Waals surface area contributed by atoms with Crippen LogP contribution in [0.2, 0.25) is 0 Å². The van der Waals surface area contributed by atoms with Crippen molar-refractivity contribution in [3.05, 3.63) is 59.2 Å². The second-order valence-corrected chi connectivity index (χ2v) is 13.8. The molecule has 4 aliphatic rings. The molecule has 2 aromatic carbocycles. The normalized spacial score (nSPS) is 33.1. The Kier molecular flexibility index (Phi) is 6.71. The molecule has 0 aromatic heterocycles. The van der Waals surface area contributed by atoms with Crippen LogP contribution in [0.5, 0.6) is 5.75 Å². The highest BCUT2D eigenvalue weighted by Crippen LogP contribution is 2.61. The lowest BCUT2D eigenvalue weighted by Crippen LogP contribution is -2.49. The number of esters is 1. The van der Waals surface area contributed by atoms with Crippen LogP contribution in [-0.2, 0) is 26.0 Å². The molecule has 9 nitrogen and oxygen atoms in total. The predicted molar refractivity (Wildman–Crippen MR) is 146 cm³/mol. The zero-order valence-electron chi connectivity index (χ0n) is 22.5. The highest BCUT2D eigenvalue weighted by Gasteiger charge is 2.60. The van der Waals surface area contributed by atoms with Crippen LogP contribution < -0.4 is 5.14 Å². The molecule has 40 heavy (non-hydrogen) atoms. The fraction of sp³-hybridized carbons (Fsp3) is 0.533. The summed E-state index contributed by atoms with van der Waals surface area (Å²) < 4.78 is 29.2. The van der Waals surface area contributed by atoms with Gasteiger partial charge in [0.1, 0.15) is 17.9 Å². The van der Waals surface area contributed by atoms with Gasteiger partial charge in [0.05, 0.1) is 11.0 Å². The van der Waals surface area contributed by atoms with Crippen molar-refractivity contribution in [1.29, 1.82) is 0 Å². The average molecular weight is 569 g/mol. The van der Waals surface area contributed by atoms with Crippen molar-refractivity contribution < 1.29 is 33.0 Å². The van der Waals surface area contributed by atoms with E-state index in [2.05, 4.69) is 6.92 Å². The molecule has 7 atom stereocenters. The van der Waals surface area contributed by atoms with Gasteiger partial charge in [-0.15, -0.1) is 0 Å². The lowest BCUT2D eigenvalue weighted by Gasteiger charge is -2.50. The monoisotopic (exact) mass is 568 g/mol. The van der Waals surface area contributed by atoms with Crippen LogP contribution in [0.1, 0.15) is 72.9 Å². The van der Waals surface area contributed by atoms with Crippen molar-refractivity contribution in [3.8, 4) is 5.75 Å². The van der Waals surface area contributed by atoms with Crippen molar-refractivity contribution >= 4 is 21.9 Å². The number of sulfonamides is 1. The smallest absolute Gasteiger partial charge is 0.329 e. The van der Waals surface area contributed by atoms with Crippen LogP contribution in [0.4, 0.5) is 0 Å². The number of carbonyl (C=O) groups is 2. The number of likely N-dealkylation sites (tertiary alicyclic amines) is 1. The van der Waals surface area contributed by atoms with Crippen LogP contribution in [0, 0.1) is 17.3 Å². The summed E-state index contributed by atoms with van der Waals surface area (Å²) in [4.78, 5) is 28.2. The maximum absolute atomic E-state index is 13.5. The van der Waals surface area contributed by atoms with E-state index in [1.807, 2.05) is 12.1 Å². The Morgan fingerprint density at radius 1 is 1.10 bits per heavy atom. The number of aliphatic hydroxyl groups is 1. The molecule has 1 aliphatic heterocycles. The minimum Gasteiger partial charge on any atom is -0.508 e. The molecule has 0 spiro atoms. The molecule has 1 heterocycles. The molecule has 1 amide bonds. The highest BCUT2D eigenvalue weighted by molar-refractivity contribution is 7.89. The van der Waals surface area contributed by atoms with E-state index in [9.17, 15) is 28.2 Å². The van der Waals surface area contributed by atoms with Gasteiger partial charge < -0.3 is 19.8 Å². The molecule has 3 fully saturated rings. The first-order chi connectivity index (χ1) is 19.0. The van der Waals surface area contributed by atoms with Crippen molar-refractivity contribution in [3.63, 3.8) is 0 Å². The summed E-state index contributed by atoms with van der Waals surface area (Å²) in [6, 6.07) is 10.3. The van der Waals surface area contributed by atoms with E-state index in [0.717, 1.165) is 25.7 Å². The summed E-state index contributed by atoms with van der Waals surface area (Å²) in [7, 11) is -3.88. The fourth-order valence-electron chi connectivity index (χ4n) is 8.16. The quantitative estimate of drug-likeness (QED) is 0.480. The number of phenols is 1. The first-order valence-corrected chi connectivity index (χ1v) is 15.7. The predicted octanol–water partition coefficient (Wildman–Crippen LogP) is 3.08. The third-order valence-electron chi connectivity index (χ3n) is 10.1. The molecular weight excluding hydrogens is 532 g/mol. The summed E-state index contributed by atoms with van der Waals surface area (Å²) in [5, 5.41) is 26.3. The number of rotatable bonds is 4. The number of hydrogen-bond acceptors (Lipinski definition) is 7. The number of nitrogens with zero attached hydrogens (tertiary/aromatic N) is 1. The van der Waals surface area contributed by atoms with E-state index in [1.54, 1.807) is 6.07 Å². The number of ether oxygens (including phenoxy) is 1. The number of nitrogens with two attached hydrogens (primary N) is 1. The van der Waals surface area contributed by atoms with Crippen molar-refractivity contribution in [2.75, 3.05) is 6.54 Å². The molecular formula is C30H36N2O7S. The summed E-state index contributed by atoms with van der Waals surface area (Å²) in [6.45, 7) is 2.53. The Labute approximate surface area is 234 Å². The van der Waals surface area contributed by atoms with Crippen LogP contribution in [0.25, 0.3) is 0 Å². The highest BCUT2D eigenvalue weighted by atomic mass is 32.2. The maximum atomic E-state index is 13.5. The van der Waals surface area contributed by atoms with E-state index in [4.69, 9.17) is 9.88 Å². The molecule has 4 N–H and O–H groups in total. The van der Waals surface area contributed by atoms with E-state index in [1.165, 1.54) is 40.3 Å². The molecule has 1 saturated heterocycles. The SMILES string of the molecule is CC12CCC3c4ccc(O)cc4CCC3C1CC(O)C2OC(=O)C1CCCN1C(=O)c1ccc(S(N)(=O)=O)cc1. The third kappa shape index (κ3) is 4.50. The van der Waals surface area contributed by atoms with Gasteiger partial charge in [0.15, 0.2) is 0 Å². The maximum Gasteiger partial charge on any atom is 0.329 e. The first-order valence-electron chi connectivity index (χ1n) is 14.1. The number of aryl methyl sites for hydroxylation is 1. The van der Waals surface area contributed by atoms with Crippen molar-refractivity contribution in [2.45, 2.75) is 80.9 Å². The van der Waals surface area contributed by atoms with Gasteiger partial charge in [-0.25, -0.2) is 18.4 Å². The lowest BCUT2D eigenvalue weighted by atomic mass is 9.55. The topological polar surface area (TPSA) is 147 Å². The number of carbonyl (C=O) groups excluding carboxylic acids is 2. The molecule has 2 aromatic rings. The standard InChI is InChI=1S/C30H36N2O7S/c1-30-13-12-22-21-11-7-19(33)15-18(21)6-10-23(22)24(30)16-26(34)27(30)39-29(36)25-3-2-14-32(25)28(35)17-4-8-20(9-5-17)40(31,37)38/h4-5,7-9,11,15,22-27,33-34H,2-3,6,10,12-14,16H2,1H3,(H2,31,37,38). The van der Waals surface area contributed by atoms with E-state index < -0.39 is 34.2 Å². The Morgan fingerprint density at radius 2 is 1.85 bits per heavy atom. The molecule has 214 valence electrons. The summed E-state index contributed by atoms with van der Waals surface area (Å²) >= 11 is 0. The van der Waals surface area contributed by atoms with Gasteiger partial charge in [-0.1, -0.05) is 13.0 Å². The Balaban J connectivity index is 1.17. The van der Waals surface area contributed by atoms with Gasteiger partial charge in [-0.05, 0) is 110 Å². The fourth-order valence-corrected chi connectivity index (χ4v) is 8.68. The van der Waals surface area contributed by atoms with E-state index in [-0.39, 0.29) is 27.7 Å². The second-order valence-electron chi connectivity index (χ2n) is 12.2. The lowest BCUT2D eigenvalue weighted by molar-refractivity contribution is -0.168. The van der Waals surface area contributed by atoms with Gasteiger partial charge in [0.2, 0.25) is 10.0 Å². The number of amides is 1. The van der Waals surface area contributed by atoms with Gasteiger partial charge in [-0.2, -0.15) is 0 Å². The Morgan fingerprint density at radius 3 is 2.58 bits per heavy atom. The minimum atomic E-state index is -3.88. The van der Waals surface area contributed by atoms with Crippen LogP contribution in [0.3, 0.4) is 0 Å². The van der Waals surface area contributed by atoms with E-state index >= 15 is 0 Å². The minimum absolute atomic E-state index is 0.0891. The van der Waals surface area contributed by atoms with Gasteiger partial charge >= 0.3 is 5.97 Å². The van der Waals surface area contributed by atoms with Gasteiger partial charge in [0.25, 0.3) is 5.91 Å². The van der Waals surface area contributed by atoms with Gasteiger partial charge in [-0.3, -0.25) is 4.79 Å². The third-order valence-corrected chi connectivity index (χ3v) is 11.0. The summed E-state index contributed by atoms with van der Waals surface area (Å²) in [5.74, 6) is 0.376. The summed E-state index contributed by atoms with van der Waals surface area (Å²) in [5.41, 5.74) is 2.41. The Hall–Kier alpha value is -2.95. The van der Waals surface area contributed by atoms with Gasteiger partial charge in [0, 0.05) is 17.5 Å². The molecule has 7 unspecified atom stereocenters. The summed E-state index contributed by atoms with van der Waals surface area (Å²) in [6.07, 6.45) is 3.89. The molecule has 2 saturated carbocycles. The number of fused-ring (bicyclic) bond motifs is 5. The Bertz CT molecular complexity index is 1440. The largest absolute Gasteiger partial charge is 0.508 e. The zero-order chi connectivity index (χ0) is 28.4. The average Bonchev–Trinajstić information content (AvgIpc) is 3.51. The zero-order valence-corrected chi connectivity index (χ0v) is 23.3. The molecule has 3 aliphatic carbocycles. The number of hydrogen-bond donors (Lipinski definition) is 3. The van der Waals surface area contributed by atoms with Crippen LogP contribution in [0.15, 0.2) is 47.4 Å². The van der Waals surface area contributed by atoms with Crippen LogP contribution >= 0.6 is 0 Å². The molecule has 10 heteroatoms. The number of primary sulfonamides is 1.